The molecule has 220 valence electrons. The zero-order chi connectivity index (χ0) is 30.4. The van der Waals surface area contributed by atoms with Crippen molar-refractivity contribution in [2.75, 3.05) is 31.3 Å². The number of unbranched alkanes of at least 4 members (excludes halogenated alkanes) is 2. The Morgan fingerprint density at radius 1 is 0.833 bits per heavy atom. The monoisotopic (exact) mass is 579 g/mol. The van der Waals surface area contributed by atoms with Gasteiger partial charge in [0.05, 0.1) is 37.0 Å². The lowest BCUT2D eigenvalue weighted by Crippen LogP contribution is -2.21. The van der Waals surface area contributed by atoms with Crippen molar-refractivity contribution in [2.45, 2.75) is 31.8 Å². The van der Waals surface area contributed by atoms with Crippen molar-refractivity contribution in [3.8, 4) is 17.6 Å². The lowest BCUT2D eigenvalue weighted by Gasteiger charge is -2.18. The molecule has 42 heavy (non-hydrogen) atoms. The zero-order valence-electron chi connectivity index (χ0n) is 22.8. The van der Waals surface area contributed by atoms with Crippen molar-refractivity contribution in [3.05, 3.63) is 89.5 Å². The number of rotatable bonds is 15. The molecule has 0 aliphatic rings. The third-order valence-electron chi connectivity index (χ3n) is 5.66. The average Bonchev–Trinajstić information content (AvgIpc) is 2.96. The van der Waals surface area contributed by atoms with Gasteiger partial charge in [0.15, 0.2) is 0 Å². The van der Waals surface area contributed by atoms with Crippen LogP contribution in [-0.4, -0.2) is 31.8 Å². The third-order valence-corrected chi connectivity index (χ3v) is 5.66. The van der Waals surface area contributed by atoms with Gasteiger partial charge in [-0.3, -0.25) is 0 Å². The topological polar surface area (TPSA) is 147 Å². The maximum Gasteiger partial charge on any atom is 0.426 e. The highest BCUT2D eigenvalue weighted by Crippen LogP contribution is 2.32. The van der Waals surface area contributed by atoms with Gasteiger partial charge in [0, 0.05) is 23.9 Å². The molecule has 3 aromatic rings. The number of esters is 2. The summed E-state index contributed by atoms with van der Waals surface area (Å²) < 4.78 is 49.8. The van der Waals surface area contributed by atoms with E-state index < -0.39 is 18.0 Å². The number of alkyl halides is 2. The van der Waals surface area contributed by atoms with E-state index >= 15 is 0 Å². The van der Waals surface area contributed by atoms with E-state index in [0.717, 1.165) is 0 Å². The molecule has 0 aliphatic heterocycles. The molecular formula is C31H31F2N3O6. The first-order valence-electron chi connectivity index (χ1n) is 13.1. The smallest absolute Gasteiger partial charge is 0.426 e. The van der Waals surface area contributed by atoms with Crippen LogP contribution in [-0.2, 0) is 20.4 Å². The van der Waals surface area contributed by atoms with Crippen LogP contribution in [0.5, 0.6) is 11.5 Å². The van der Waals surface area contributed by atoms with Crippen LogP contribution >= 0.6 is 0 Å². The van der Waals surface area contributed by atoms with E-state index in [2.05, 4.69) is 0 Å². The number of hydrogen-bond donors (Lipinski definition) is 2. The quantitative estimate of drug-likeness (QED) is 0.0978. The van der Waals surface area contributed by atoms with E-state index in [1.807, 2.05) is 6.07 Å². The van der Waals surface area contributed by atoms with Crippen LogP contribution in [0.3, 0.4) is 0 Å². The van der Waals surface area contributed by atoms with Crippen molar-refractivity contribution >= 4 is 29.4 Å². The second-order valence-electron chi connectivity index (χ2n) is 9.05. The maximum absolute atomic E-state index is 14.6. The van der Waals surface area contributed by atoms with E-state index in [1.54, 1.807) is 0 Å². The summed E-state index contributed by atoms with van der Waals surface area (Å²) in [5.41, 5.74) is 12.6. The molecule has 0 aliphatic carbocycles. The Morgan fingerprint density at radius 3 is 2.10 bits per heavy atom. The van der Waals surface area contributed by atoms with Gasteiger partial charge in [-0.25, -0.2) is 9.59 Å². The molecule has 0 bridgehead atoms. The van der Waals surface area contributed by atoms with E-state index in [1.165, 1.54) is 78.9 Å². The van der Waals surface area contributed by atoms with Gasteiger partial charge in [-0.05, 0) is 85.5 Å². The Bertz CT molecular complexity index is 1380. The van der Waals surface area contributed by atoms with Gasteiger partial charge < -0.3 is 30.4 Å². The van der Waals surface area contributed by atoms with E-state index in [-0.39, 0.29) is 30.1 Å². The minimum Gasteiger partial charge on any atom is -0.494 e. The van der Waals surface area contributed by atoms with Gasteiger partial charge in [0.25, 0.3) is 0 Å². The van der Waals surface area contributed by atoms with Crippen molar-refractivity contribution in [1.82, 2.24) is 0 Å². The summed E-state index contributed by atoms with van der Waals surface area (Å²) in [5.74, 6) is -0.759. The molecule has 0 radical (unpaired) electrons. The van der Waals surface area contributed by atoms with Crippen LogP contribution in [0.1, 0.15) is 47.2 Å². The number of nitrogens with two attached hydrogens (primary N) is 2. The number of nitriles is 1. The van der Waals surface area contributed by atoms with Gasteiger partial charge in [-0.15, -0.1) is 0 Å². The molecule has 0 saturated heterocycles. The zero-order valence-corrected chi connectivity index (χ0v) is 22.8. The molecule has 0 aromatic heterocycles. The number of hydrogen-bond acceptors (Lipinski definition) is 9. The summed E-state index contributed by atoms with van der Waals surface area (Å²) in [6.07, 6.45) is 0.986. The van der Waals surface area contributed by atoms with Gasteiger partial charge >= 0.3 is 18.0 Å². The number of halogens is 2. The van der Waals surface area contributed by atoms with Crippen LogP contribution in [0.2, 0.25) is 0 Å². The van der Waals surface area contributed by atoms with Crippen LogP contribution in [0.25, 0.3) is 6.08 Å². The number of anilines is 2. The Kier molecular flexibility index (Phi) is 11.7. The molecule has 0 heterocycles. The Morgan fingerprint density at radius 2 is 1.45 bits per heavy atom. The number of benzene rings is 3. The predicted octanol–water partition coefficient (Wildman–Crippen LogP) is 5.86. The first-order chi connectivity index (χ1) is 20.2. The van der Waals surface area contributed by atoms with Crippen molar-refractivity contribution in [2.24, 2.45) is 0 Å². The van der Waals surface area contributed by atoms with Crippen LogP contribution in [0, 0.1) is 11.3 Å². The number of carbonyl (C=O) groups excluding carboxylic acids is 2. The summed E-state index contributed by atoms with van der Waals surface area (Å²) >= 11 is 0. The second-order valence-corrected chi connectivity index (χ2v) is 9.05. The van der Waals surface area contributed by atoms with E-state index in [9.17, 15) is 18.4 Å². The number of carbonyl (C=O) groups is 2. The average molecular weight is 580 g/mol. The summed E-state index contributed by atoms with van der Waals surface area (Å²) in [6, 6.07) is 17.5. The van der Waals surface area contributed by atoms with Crippen molar-refractivity contribution in [3.63, 3.8) is 0 Å². The Hall–Kier alpha value is -5.11. The summed E-state index contributed by atoms with van der Waals surface area (Å²) in [7, 11) is 0. The van der Waals surface area contributed by atoms with Crippen molar-refractivity contribution < 1.29 is 37.3 Å². The fraction of sp³-hybridized carbons (Fsp3) is 0.258. The van der Waals surface area contributed by atoms with Crippen LogP contribution in [0.15, 0.2) is 72.8 Å². The minimum absolute atomic E-state index is 0.0588. The Balaban J connectivity index is 1.36. The first kappa shape index (κ1) is 31.4. The van der Waals surface area contributed by atoms with Crippen LogP contribution in [0.4, 0.5) is 20.2 Å². The van der Waals surface area contributed by atoms with Gasteiger partial charge in [-0.1, -0.05) is 12.1 Å². The van der Waals surface area contributed by atoms with E-state index in [0.29, 0.717) is 55.0 Å². The highest BCUT2D eigenvalue weighted by atomic mass is 19.3. The predicted molar refractivity (Wildman–Crippen MR) is 153 cm³/mol. The molecular weight excluding hydrogens is 548 g/mol. The SMILES string of the molecule is N#CCCCOc1ccc(C(F)(F)Oc2ccc(/C=C/C(=O)OCCCCOC(=O)c3cc(N)cc(N)c3)cc2)cc1. The summed E-state index contributed by atoms with van der Waals surface area (Å²) in [6.45, 7) is 0.584. The lowest BCUT2D eigenvalue weighted by atomic mass is 10.2. The highest BCUT2D eigenvalue weighted by molar-refractivity contribution is 5.91. The first-order valence-corrected chi connectivity index (χ1v) is 13.1. The second kappa shape index (κ2) is 15.6. The highest BCUT2D eigenvalue weighted by Gasteiger charge is 2.34. The fourth-order valence-electron chi connectivity index (χ4n) is 3.57. The molecule has 0 unspecified atom stereocenters. The molecule has 4 N–H and O–H groups in total. The van der Waals surface area contributed by atoms with Gasteiger partial charge in [0.2, 0.25) is 0 Å². The van der Waals surface area contributed by atoms with Crippen LogP contribution < -0.4 is 20.9 Å². The molecule has 3 rings (SSSR count). The molecule has 0 amide bonds. The molecule has 3 aromatic carbocycles. The van der Waals surface area contributed by atoms with E-state index in [4.69, 9.17) is 35.7 Å². The number of nitrogens with zero attached hydrogens (tertiary/aromatic N) is 1. The normalized spacial score (nSPS) is 11.1. The minimum atomic E-state index is -3.58. The molecule has 0 spiro atoms. The molecule has 9 nitrogen and oxygen atoms in total. The maximum atomic E-state index is 14.6. The molecule has 0 atom stereocenters. The largest absolute Gasteiger partial charge is 0.494 e. The third kappa shape index (κ3) is 10.5. The standard InChI is InChI=1S/C31H31F2N3O6/c32-31(33,24-8-12-27(13-9-24)39-16-2-1-15-34)42-28-10-5-22(6-11-28)7-14-29(37)40-17-3-4-18-41-30(38)23-19-25(35)21-26(36)20-23/h5-14,19-21H,1-4,16-18,35-36H2/b14-7+. The molecule has 0 fully saturated rings. The number of nitrogen functional groups attached to an aromatic ring is 2. The fourth-order valence-corrected chi connectivity index (χ4v) is 3.57. The van der Waals surface area contributed by atoms with Gasteiger partial charge in [-0.2, -0.15) is 14.0 Å². The number of ether oxygens (including phenoxy) is 4. The van der Waals surface area contributed by atoms with Crippen molar-refractivity contribution in [1.29, 1.82) is 5.26 Å². The Labute approximate surface area is 242 Å². The lowest BCUT2D eigenvalue weighted by molar-refractivity contribution is -0.185. The molecule has 0 saturated carbocycles. The summed E-state index contributed by atoms with van der Waals surface area (Å²) in [5, 5.41) is 8.53. The molecule has 11 heteroatoms. The van der Waals surface area contributed by atoms with Gasteiger partial charge in [0.1, 0.15) is 11.5 Å². The summed E-state index contributed by atoms with van der Waals surface area (Å²) in [4.78, 5) is 24.0.